The molecule has 0 fully saturated rings. The fourth-order valence-corrected chi connectivity index (χ4v) is 2.25. The Morgan fingerprint density at radius 2 is 2.00 bits per heavy atom. The van der Waals surface area contributed by atoms with E-state index in [1.54, 1.807) is 13.0 Å². The number of methoxy groups -OCH3 is 1. The maximum atomic E-state index is 11.4. The lowest BCUT2D eigenvalue weighted by molar-refractivity contribution is -0.144. The second-order valence-electron chi connectivity index (χ2n) is 4.36. The Kier molecular flexibility index (Phi) is 4.27. The highest BCUT2D eigenvalue weighted by molar-refractivity contribution is 6.44. The summed E-state index contributed by atoms with van der Waals surface area (Å²) in [6, 6.07) is 7.41. The summed E-state index contributed by atoms with van der Waals surface area (Å²) in [5.41, 5.74) is 1.44. The third-order valence-corrected chi connectivity index (χ3v) is 3.72. The van der Waals surface area contributed by atoms with E-state index in [1.165, 1.54) is 7.11 Å². The van der Waals surface area contributed by atoms with Crippen LogP contribution >= 0.6 is 23.2 Å². The molecule has 0 amide bonds. The van der Waals surface area contributed by atoms with Crippen molar-refractivity contribution in [3.05, 3.63) is 40.0 Å². The third kappa shape index (κ3) is 2.99. The monoisotopic (exact) mass is 297 g/mol. The van der Waals surface area contributed by atoms with Crippen LogP contribution < -0.4 is 0 Å². The quantitative estimate of drug-likeness (QED) is 0.807. The van der Waals surface area contributed by atoms with Crippen LogP contribution in [-0.4, -0.2) is 18.1 Å². The Balaban J connectivity index is 2.36. The molecular weight excluding hydrogens is 285 g/mol. The Hall–Kier alpha value is -1.32. The molecule has 0 saturated carbocycles. The topological polar surface area (TPSA) is 39.2 Å². The fourth-order valence-electron chi connectivity index (χ4n) is 1.88. The van der Waals surface area contributed by atoms with E-state index >= 15 is 0 Å². The van der Waals surface area contributed by atoms with Gasteiger partial charge in [0.05, 0.1) is 28.6 Å². The van der Waals surface area contributed by atoms with Gasteiger partial charge in [-0.05, 0) is 12.1 Å². The highest BCUT2D eigenvalue weighted by Gasteiger charge is 2.15. The standard InChI is InChI=1S/C14H13Cl2NO2/c1-8(14(18)19-2)7-10-5-3-9-4-6-11(15)12(16)13(9)17-10/h3-6,8H,7H2,1-2H3. The van der Waals surface area contributed by atoms with Crippen molar-refractivity contribution < 1.29 is 9.53 Å². The number of carbonyl (C=O) groups excluding carboxylic acids is 1. The first-order valence-corrected chi connectivity index (χ1v) is 6.60. The van der Waals surface area contributed by atoms with Crippen molar-refractivity contribution in [1.82, 2.24) is 4.98 Å². The lowest BCUT2D eigenvalue weighted by Gasteiger charge is -2.09. The van der Waals surface area contributed by atoms with E-state index in [-0.39, 0.29) is 11.9 Å². The first kappa shape index (κ1) is 14.1. The molecule has 100 valence electrons. The van der Waals surface area contributed by atoms with E-state index in [9.17, 15) is 4.79 Å². The number of benzene rings is 1. The van der Waals surface area contributed by atoms with Gasteiger partial charge in [-0.3, -0.25) is 9.78 Å². The molecule has 1 atom stereocenters. The molecule has 0 aliphatic heterocycles. The van der Waals surface area contributed by atoms with Crippen molar-refractivity contribution in [2.24, 2.45) is 5.92 Å². The van der Waals surface area contributed by atoms with Crippen LogP contribution in [0.1, 0.15) is 12.6 Å². The SMILES string of the molecule is COC(=O)C(C)Cc1ccc2ccc(Cl)c(Cl)c2n1. The van der Waals surface area contributed by atoms with Gasteiger partial charge in [0.25, 0.3) is 0 Å². The molecule has 0 radical (unpaired) electrons. The number of esters is 1. The van der Waals surface area contributed by atoms with Crippen molar-refractivity contribution in [2.75, 3.05) is 7.11 Å². The number of rotatable bonds is 3. The van der Waals surface area contributed by atoms with Crippen LogP contribution in [0.3, 0.4) is 0 Å². The van der Waals surface area contributed by atoms with E-state index in [1.807, 2.05) is 18.2 Å². The van der Waals surface area contributed by atoms with Gasteiger partial charge in [-0.15, -0.1) is 0 Å². The summed E-state index contributed by atoms with van der Waals surface area (Å²) in [4.78, 5) is 15.9. The molecule has 0 bridgehead atoms. The smallest absolute Gasteiger partial charge is 0.308 e. The molecule has 0 saturated heterocycles. The first-order chi connectivity index (χ1) is 9.02. The van der Waals surface area contributed by atoms with Gasteiger partial charge in [0.15, 0.2) is 0 Å². The van der Waals surface area contributed by atoms with Crippen molar-refractivity contribution in [3.8, 4) is 0 Å². The summed E-state index contributed by atoms with van der Waals surface area (Å²) in [5, 5.41) is 1.83. The van der Waals surface area contributed by atoms with Gasteiger partial charge < -0.3 is 4.74 Å². The number of halogens is 2. The van der Waals surface area contributed by atoms with Gasteiger partial charge in [0, 0.05) is 17.5 Å². The molecule has 2 rings (SSSR count). The van der Waals surface area contributed by atoms with Crippen molar-refractivity contribution in [2.45, 2.75) is 13.3 Å². The Labute approximate surface area is 121 Å². The molecule has 0 aliphatic rings. The Morgan fingerprint density at radius 1 is 1.32 bits per heavy atom. The normalized spacial score (nSPS) is 12.4. The average molecular weight is 298 g/mol. The molecule has 0 aliphatic carbocycles. The molecule has 0 N–H and O–H groups in total. The number of carbonyl (C=O) groups is 1. The van der Waals surface area contributed by atoms with Crippen LogP contribution in [0.5, 0.6) is 0 Å². The third-order valence-electron chi connectivity index (χ3n) is 2.93. The van der Waals surface area contributed by atoms with Gasteiger partial charge in [0.1, 0.15) is 0 Å². The summed E-state index contributed by atoms with van der Waals surface area (Å²) in [6.07, 6.45) is 0.505. The van der Waals surface area contributed by atoms with Crippen LogP contribution in [0.2, 0.25) is 10.0 Å². The van der Waals surface area contributed by atoms with Gasteiger partial charge in [-0.1, -0.05) is 42.3 Å². The molecule has 5 heteroatoms. The maximum absolute atomic E-state index is 11.4. The van der Waals surface area contributed by atoms with Crippen molar-refractivity contribution >= 4 is 40.1 Å². The lowest BCUT2D eigenvalue weighted by atomic mass is 10.0. The summed E-state index contributed by atoms with van der Waals surface area (Å²) in [7, 11) is 1.38. The second-order valence-corrected chi connectivity index (χ2v) is 5.15. The number of fused-ring (bicyclic) bond motifs is 1. The molecule has 1 unspecified atom stereocenters. The first-order valence-electron chi connectivity index (χ1n) is 5.84. The maximum Gasteiger partial charge on any atom is 0.308 e. The van der Waals surface area contributed by atoms with E-state index in [0.717, 1.165) is 11.1 Å². The fraction of sp³-hybridized carbons (Fsp3) is 0.286. The average Bonchev–Trinajstić information content (AvgIpc) is 2.42. The van der Waals surface area contributed by atoms with Gasteiger partial charge >= 0.3 is 5.97 Å². The molecular formula is C14H13Cl2NO2. The molecule has 0 spiro atoms. The van der Waals surface area contributed by atoms with E-state index in [0.29, 0.717) is 22.0 Å². The zero-order chi connectivity index (χ0) is 14.0. The molecule has 3 nitrogen and oxygen atoms in total. The predicted octanol–water partition coefficient (Wildman–Crippen LogP) is 3.89. The predicted molar refractivity (Wildman–Crippen MR) is 76.6 cm³/mol. The summed E-state index contributed by atoms with van der Waals surface area (Å²) in [6.45, 7) is 1.80. The van der Waals surface area contributed by atoms with Crippen LogP contribution in [-0.2, 0) is 16.0 Å². The summed E-state index contributed by atoms with van der Waals surface area (Å²) < 4.78 is 4.70. The number of hydrogen-bond donors (Lipinski definition) is 0. The van der Waals surface area contributed by atoms with E-state index in [2.05, 4.69) is 4.98 Å². The zero-order valence-electron chi connectivity index (χ0n) is 10.6. The number of ether oxygens (including phenoxy) is 1. The van der Waals surface area contributed by atoms with Crippen LogP contribution in [0.25, 0.3) is 10.9 Å². The summed E-state index contributed by atoms with van der Waals surface area (Å²) in [5.74, 6) is -0.494. The number of aromatic nitrogens is 1. The van der Waals surface area contributed by atoms with Crippen LogP contribution in [0, 0.1) is 5.92 Å². The summed E-state index contributed by atoms with van der Waals surface area (Å²) >= 11 is 12.1. The second kappa shape index (κ2) is 5.76. The zero-order valence-corrected chi connectivity index (χ0v) is 12.1. The minimum Gasteiger partial charge on any atom is -0.469 e. The van der Waals surface area contributed by atoms with Crippen molar-refractivity contribution in [1.29, 1.82) is 0 Å². The van der Waals surface area contributed by atoms with Gasteiger partial charge in [0.2, 0.25) is 0 Å². The lowest BCUT2D eigenvalue weighted by Crippen LogP contribution is -2.15. The number of pyridine rings is 1. The molecule has 1 aromatic carbocycles. The Morgan fingerprint density at radius 3 is 2.68 bits per heavy atom. The minimum absolute atomic E-state index is 0.243. The molecule has 1 aromatic heterocycles. The highest BCUT2D eigenvalue weighted by atomic mass is 35.5. The van der Waals surface area contributed by atoms with Gasteiger partial charge in [-0.2, -0.15) is 0 Å². The molecule has 2 aromatic rings. The van der Waals surface area contributed by atoms with Crippen LogP contribution in [0.15, 0.2) is 24.3 Å². The Bertz CT molecular complexity index is 628. The largest absolute Gasteiger partial charge is 0.469 e. The van der Waals surface area contributed by atoms with Crippen LogP contribution in [0.4, 0.5) is 0 Å². The van der Waals surface area contributed by atoms with Gasteiger partial charge in [-0.25, -0.2) is 0 Å². The number of hydrogen-bond acceptors (Lipinski definition) is 3. The number of nitrogens with zero attached hydrogens (tertiary/aromatic N) is 1. The van der Waals surface area contributed by atoms with Crippen molar-refractivity contribution in [3.63, 3.8) is 0 Å². The molecule has 19 heavy (non-hydrogen) atoms. The van der Waals surface area contributed by atoms with E-state index in [4.69, 9.17) is 27.9 Å². The van der Waals surface area contributed by atoms with E-state index < -0.39 is 0 Å². The highest BCUT2D eigenvalue weighted by Crippen LogP contribution is 2.29. The minimum atomic E-state index is -0.251. The molecule has 1 heterocycles.